The number of carbonyl (C=O) groups excluding carboxylic acids is 2. The Kier molecular flexibility index (Phi) is 3.20. The number of amides is 3. The SMILES string of the molecule is CCNc1snnc1CN1C(=O)NC(C)(C)C1=O. The summed E-state index contributed by atoms with van der Waals surface area (Å²) >= 11 is 1.22. The largest absolute Gasteiger partial charge is 0.374 e. The summed E-state index contributed by atoms with van der Waals surface area (Å²) in [6.07, 6.45) is 0. The molecule has 2 heterocycles. The molecule has 0 aliphatic carbocycles. The molecular weight excluding hydrogens is 254 g/mol. The van der Waals surface area contributed by atoms with Crippen molar-refractivity contribution in [3.8, 4) is 0 Å². The van der Waals surface area contributed by atoms with E-state index in [0.717, 1.165) is 16.4 Å². The first-order chi connectivity index (χ1) is 8.45. The number of nitrogens with one attached hydrogen (secondary N) is 2. The predicted molar refractivity (Wildman–Crippen MR) is 67.2 cm³/mol. The fraction of sp³-hybridized carbons (Fsp3) is 0.600. The normalized spacial score (nSPS) is 18.1. The van der Waals surface area contributed by atoms with Crippen molar-refractivity contribution in [2.75, 3.05) is 11.9 Å². The van der Waals surface area contributed by atoms with E-state index in [9.17, 15) is 9.59 Å². The third-order valence-electron chi connectivity index (χ3n) is 2.65. The molecule has 7 nitrogen and oxygen atoms in total. The summed E-state index contributed by atoms with van der Waals surface area (Å²) in [5.41, 5.74) is -0.234. The van der Waals surface area contributed by atoms with Gasteiger partial charge >= 0.3 is 6.03 Å². The minimum Gasteiger partial charge on any atom is -0.374 e. The molecule has 18 heavy (non-hydrogen) atoms. The van der Waals surface area contributed by atoms with E-state index in [0.29, 0.717) is 5.69 Å². The second-order valence-electron chi connectivity index (χ2n) is 4.53. The van der Waals surface area contributed by atoms with Crippen LogP contribution in [0.1, 0.15) is 26.5 Å². The molecule has 0 radical (unpaired) electrons. The summed E-state index contributed by atoms with van der Waals surface area (Å²) in [5.74, 6) is -0.247. The number of nitrogens with zero attached hydrogens (tertiary/aromatic N) is 3. The zero-order valence-electron chi connectivity index (χ0n) is 10.5. The van der Waals surface area contributed by atoms with Gasteiger partial charge in [0.1, 0.15) is 16.2 Å². The van der Waals surface area contributed by atoms with Gasteiger partial charge in [0, 0.05) is 18.1 Å². The molecule has 8 heteroatoms. The first-order valence-corrected chi connectivity index (χ1v) is 6.42. The van der Waals surface area contributed by atoms with Crippen molar-refractivity contribution < 1.29 is 9.59 Å². The summed E-state index contributed by atoms with van der Waals surface area (Å²) in [4.78, 5) is 24.9. The molecule has 2 N–H and O–H groups in total. The van der Waals surface area contributed by atoms with Gasteiger partial charge in [-0.2, -0.15) is 0 Å². The van der Waals surface area contributed by atoms with Crippen LogP contribution in [0.3, 0.4) is 0 Å². The second kappa shape index (κ2) is 4.52. The van der Waals surface area contributed by atoms with Crippen molar-refractivity contribution in [3.05, 3.63) is 5.69 Å². The van der Waals surface area contributed by atoms with Crippen molar-refractivity contribution in [1.29, 1.82) is 0 Å². The van der Waals surface area contributed by atoms with Gasteiger partial charge in [0.25, 0.3) is 5.91 Å². The van der Waals surface area contributed by atoms with Crippen molar-refractivity contribution in [2.24, 2.45) is 0 Å². The molecule has 1 aromatic heterocycles. The number of hydrogen-bond donors (Lipinski definition) is 2. The second-order valence-corrected chi connectivity index (χ2v) is 5.28. The maximum Gasteiger partial charge on any atom is 0.325 e. The van der Waals surface area contributed by atoms with Crippen LogP contribution in [-0.4, -0.2) is 38.5 Å². The van der Waals surface area contributed by atoms with Gasteiger partial charge in [-0.3, -0.25) is 9.69 Å². The summed E-state index contributed by atoms with van der Waals surface area (Å²) in [6.45, 7) is 6.20. The van der Waals surface area contributed by atoms with Crippen LogP contribution in [0.2, 0.25) is 0 Å². The van der Waals surface area contributed by atoms with Crippen molar-refractivity contribution in [3.63, 3.8) is 0 Å². The Morgan fingerprint density at radius 1 is 1.44 bits per heavy atom. The lowest BCUT2D eigenvalue weighted by Gasteiger charge is -2.15. The highest BCUT2D eigenvalue weighted by Gasteiger charge is 2.44. The lowest BCUT2D eigenvalue weighted by Crippen LogP contribution is -2.40. The zero-order valence-corrected chi connectivity index (χ0v) is 11.3. The smallest absolute Gasteiger partial charge is 0.325 e. The number of urea groups is 1. The van der Waals surface area contributed by atoms with E-state index < -0.39 is 5.54 Å². The van der Waals surface area contributed by atoms with Crippen LogP contribution in [0.5, 0.6) is 0 Å². The van der Waals surface area contributed by atoms with E-state index in [1.54, 1.807) is 13.8 Å². The standard InChI is InChI=1S/C10H15N5O2S/c1-4-11-7-6(13-14-18-7)5-15-8(16)10(2,3)12-9(15)17/h11H,4-5H2,1-3H3,(H,12,17). The molecule has 0 unspecified atom stereocenters. The highest BCUT2D eigenvalue weighted by molar-refractivity contribution is 7.10. The Morgan fingerprint density at radius 2 is 2.17 bits per heavy atom. The summed E-state index contributed by atoms with van der Waals surface area (Å²) in [5, 5.41) is 10.5. The number of carbonyl (C=O) groups is 2. The van der Waals surface area contributed by atoms with Crippen LogP contribution in [0.15, 0.2) is 0 Å². The van der Waals surface area contributed by atoms with Gasteiger partial charge in [-0.25, -0.2) is 4.79 Å². The molecule has 1 aliphatic rings. The third-order valence-corrected chi connectivity index (χ3v) is 3.37. The van der Waals surface area contributed by atoms with Crippen LogP contribution in [0.4, 0.5) is 9.80 Å². The summed E-state index contributed by atoms with van der Waals surface area (Å²) in [7, 11) is 0. The van der Waals surface area contributed by atoms with Gasteiger partial charge in [0.15, 0.2) is 0 Å². The molecule has 0 aromatic carbocycles. The van der Waals surface area contributed by atoms with Gasteiger partial charge in [-0.05, 0) is 20.8 Å². The molecule has 98 valence electrons. The van der Waals surface area contributed by atoms with E-state index in [-0.39, 0.29) is 18.5 Å². The number of aromatic nitrogens is 2. The van der Waals surface area contributed by atoms with Crippen LogP contribution >= 0.6 is 11.5 Å². The van der Waals surface area contributed by atoms with Crippen LogP contribution in [0.25, 0.3) is 0 Å². The molecule has 1 saturated heterocycles. The quantitative estimate of drug-likeness (QED) is 0.789. The van der Waals surface area contributed by atoms with Gasteiger partial charge in [-0.1, -0.05) is 4.49 Å². The van der Waals surface area contributed by atoms with Crippen LogP contribution in [-0.2, 0) is 11.3 Å². The minimum atomic E-state index is -0.848. The Bertz CT molecular complexity index is 484. The number of rotatable bonds is 4. The van der Waals surface area contributed by atoms with Gasteiger partial charge < -0.3 is 10.6 Å². The molecule has 3 amide bonds. The summed E-state index contributed by atoms with van der Waals surface area (Å²) < 4.78 is 3.83. The van der Waals surface area contributed by atoms with E-state index in [4.69, 9.17) is 0 Å². The number of imide groups is 1. The fourth-order valence-corrected chi connectivity index (χ4v) is 2.36. The Morgan fingerprint density at radius 3 is 2.72 bits per heavy atom. The topological polar surface area (TPSA) is 87.2 Å². The lowest BCUT2D eigenvalue weighted by atomic mass is 10.1. The zero-order chi connectivity index (χ0) is 13.3. The molecular formula is C10H15N5O2S. The number of hydrogen-bond acceptors (Lipinski definition) is 6. The first kappa shape index (κ1) is 12.7. The Hall–Kier alpha value is -1.70. The third kappa shape index (κ3) is 2.15. The monoisotopic (exact) mass is 269 g/mol. The van der Waals surface area contributed by atoms with Gasteiger partial charge in [0.2, 0.25) is 0 Å². The average molecular weight is 269 g/mol. The van der Waals surface area contributed by atoms with Crippen molar-refractivity contribution in [2.45, 2.75) is 32.9 Å². The highest BCUT2D eigenvalue weighted by atomic mass is 32.1. The molecule has 0 saturated carbocycles. The molecule has 0 bridgehead atoms. The Balaban J connectivity index is 2.17. The van der Waals surface area contributed by atoms with Crippen molar-refractivity contribution >= 4 is 28.5 Å². The molecule has 0 spiro atoms. The fourth-order valence-electron chi connectivity index (χ4n) is 1.72. The first-order valence-electron chi connectivity index (χ1n) is 5.65. The summed E-state index contributed by atoms with van der Waals surface area (Å²) in [6, 6.07) is -0.388. The molecule has 1 fully saturated rings. The van der Waals surface area contributed by atoms with Crippen molar-refractivity contribution in [1.82, 2.24) is 19.8 Å². The Labute approximate surface area is 109 Å². The van der Waals surface area contributed by atoms with E-state index in [2.05, 4.69) is 20.2 Å². The minimum absolute atomic E-state index is 0.146. The van der Waals surface area contributed by atoms with E-state index >= 15 is 0 Å². The molecule has 1 aromatic rings. The van der Waals surface area contributed by atoms with Crippen LogP contribution in [0, 0.1) is 0 Å². The maximum absolute atomic E-state index is 12.0. The van der Waals surface area contributed by atoms with E-state index in [1.165, 1.54) is 11.5 Å². The number of anilines is 1. The molecule has 0 atom stereocenters. The predicted octanol–water partition coefficient (Wildman–Crippen LogP) is 0.800. The van der Waals surface area contributed by atoms with Gasteiger partial charge in [0.05, 0.1) is 6.54 Å². The van der Waals surface area contributed by atoms with Gasteiger partial charge in [-0.15, -0.1) is 5.10 Å². The molecule has 1 aliphatic heterocycles. The maximum atomic E-state index is 12.0. The highest BCUT2D eigenvalue weighted by Crippen LogP contribution is 2.23. The molecule has 2 rings (SSSR count). The lowest BCUT2D eigenvalue weighted by molar-refractivity contribution is -0.130. The average Bonchev–Trinajstić information content (AvgIpc) is 2.78. The van der Waals surface area contributed by atoms with E-state index in [1.807, 2.05) is 6.92 Å². The van der Waals surface area contributed by atoms with Crippen LogP contribution < -0.4 is 10.6 Å².